The molecule has 0 saturated heterocycles. The number of anilines is 1. The van der Waals surface area contributed by atoms with Crippen LogP contribution >= 0.6 is 0 Å². The molecule has 0 bridgehead atoms. The molecular formula is C22H17NO3. The van der Waals surface area contributed by atoms with Gasteiger partial charge in [0.15, 0.2) is 0 Å². The van der Waals surface area contributed by atoms with E-state index in [4.69, 9.17) is 9.15 Å². The minimum atomic E-state index is -0.198. The third-order valence-electron chi connectivity index (χ3n) is 4.19. The van der Waals surface area contributed by atoms with Crippen LogP contribution in [0.5, 0.6) is 5.75 Å². The Labute approximate surface area is 150 Å². The zero-order valence-electron chi connectivity index (χ0n) is 14.2. The number of para-hydroxylation sites is 1. The van der Waals surface area contributed by atoms with E-state index in [0.29, 0.717) is 5.69 Å². The predicted molar refractivity (Wildman–Crippen MR) is 104 cm³/mol. The van der Waals surface area contributed by atoms with Crippen LogP contribution in [0.1, 0.15) is 5.56 Å². The number of fused-ring (bicyclic) bond motifs is 3. The second kappa shape index (κ2) is 6.76. The van der Waals surface area contributed by atoms with E-state index in [1.165, 1.54) is 6.08 Å². The lowest BCUT2D eigenvalue weighted by atomic mass is 10.1. The van der Waals surface area contributed by atoms with Crippen LogP contribution in [0.4, 0.5) is 5.69 Å². The van der Waals surface area contributed by atoms with E-state index in [9.17, 15) is 4.79 Å². The van der Waals surface area contributed by atoms with E-state index in [0.717, 1.165) is 33.3 Å². The normalized spacial score (nSPS) is 11.3. The SMILES string of the molecule is COc1ccc(/C=C/C(=O)Nc2ccc3c(c2)oc2ccccc23)cc1. The van der Waals surface area contributed by atoms with Gasteiger partial charge in [0.1, 0.15) is 16.9 Å². The number of furan rings is 1. The molecular weight excluding hydrogens is 326 g/mol. The van der Waals surface area contributed by atoms with Gasteiger partial charge in [-0.1, -0.05) is 30.3 Å². The first-order valence-electron chi connectivity index (χ1n) is 8.27. The van der Waals surface area contributed by atoms with E-state index in [-0.39, 0.29) is 5.91 Å². The second-order valence-electron chi connectivity index (χ2n) is 5.90. The minimum absolute atomic E-state index is 0.198. The van der Waals surface area contributed by atoms with E-state index in [2.05, 4.69) is 5.32 Å². The molecule has 3 aromatic carbocycles. The molecule has 4 aromatic rings. The number of methoxy groups -OCH3 is 1. The number of carbonyl (C=O) groups is 1. The Morgan fingerprint density at radius 3 is 2.54 bits per heavy atom. The van der Waals surface area contributed by atoms with Crippen molar-refractivity contribution < 1.29 is 13.9 Å². The van der Waals surface area contributed by atoms with Gasteiger partial charge in [-0.05, 0) is 42.0 Å². The van der Waals surface area contributed by atoms with E-state index in [1.54, 1.807) is 13.2 Å². The molecule has 128 valence electrons. The average Bonchev–Trinajstić information content (AvgIpc) is 3.04. The largest absolute Gasteiger partial charge is 0.497 e. The summed E-state index contributed by atoms with van der Waals surface area (Å²) in [5.74, 6) is 0.585. The zero-order chi connectivity index (χ0) is 17.9. The molecule has 0 aliphatic heterocycles. The van der Waals surface area contributed by atoms with Crippen molar-refractivity contribution >= 4 is 39.6 Å². The van der Waals surface area contributed by atoms with E-state index < -0.39 is 0 Å². The molecule has 1 aromatic heterocycles. The van der Waals surface area contributed by atoms with Gasteiger partial charge in [-0.3, -0.25) is 4.79 Å². The number of ether oxygens (including phenoxy) is 1. The Morgan fingerprint density at radius 2 is 1.73 bits per heavy atom. The molecule has 0 aliphatic rings. The minimum Gasteiger partial charge on any atom is -0.497 e. The summed E-state index contributed by atoms with van der Waals surface area (Å²) >= 11 is 0. The highest BCUT2D eigenvalue weighted by Crippen LogP contribution is 2.30. The number of carbonyl (C=O) groups excluding carboxylic acids is 1. The summed E-state index contributed by atoms with van der Waals surface area (Å²) < 4.78 is 11.0. The van der Waals surface area contributed by atoms with Crippen LogP contribution < -0.4 is 10.1 Å². The predicted octanol–water partition coefficient (Wildman–Crippen LogP) is 5.25. The fraction of sp³-hybridized carbons (Fsp3) is 0.0455. The highest BCUT2D eigenvalue weighted by Gasteiger charge is 2.07. The number of nitrogens with one attached hydrogen (secondary N) is 1. The van der Waals surface area contributed by atoms with Crippen molar-refractivity contribution in [1.29, 1.82) is 0 Å². The van der Waals surface area contributed by atoms with Crippen LogP contribution in [0.15, 0.2) is 77.2 Å². The summed E-state index contributed by atoms with van der Waals surface area (Å²) in [7, 11) is 1.62. The van der Waals surface area contributed by atoms with Gasteiger partial charge in [-0.25, -0.2) is 0 Å². The maximum Gasteiger partial charge on any atom is 0.248 e. The molecule has 0 unspecified atom stereocenters. The molecule has 0 atom stereocenters. The van der Waals surface area contributed by atoms with Gasteiger partial charge in [-0.2, -0.15) is 0 Å². The van der Waals surface area contributed by atoms with Crippen LogP contribution in [0.2, 0.25) is 0 Å². The first kappa shape index (κ1) is 16.0. The monoisotopic (exact) mass is 343 g/mol. The van der Waals surface area contributed by atoms with Gasteiger partial charge in [0.2, 0.25) is 5.91 Å². The number of hydrogen-bond donors (Lipinski definition) is 1. The van der Waals surface area contributed by atoms with Gasteiger partial charge >= 0.3 is 0 Å². The van der Waals surface area contributed by atoms with Crippen molar-refractivity contribution in [3.05, 3.63) is 78.4 Å². The topological polar surface area (TPSA) is 51.5 Å². The third kappa shape index (κ3) is 3.17. The molecule has 1 N–H and O–H groups in total. The molecule has 0 spiro atoms. The summed E-state index contributed by atoms with van der Waals surface area (Å²) in [5.41, 5.74) is 3.21. The first-order chi connectivity index (χ1) is 12.7. The molecule has 0 fully saturated rings. The Bertz CT molecular complexity index is 1110. The summed E-state index contributed by atoms with van der Waals surface area (Å²) in [4.78, 5) is 12.2. The summed E-state index contributed by atoms with van der Waals surface area (Å²) in [6.07, 6.45) is 3.26. The first-order valence-corrected chi connectivity index (χ1v) is 8.27. The van der Waals surface area contributed by atoms with Crippen molar-refractivity contribution in [2.45, 2.75) is 0 Å². The van der Waals surface area contributed by atoms with Gasteiger partial charge < -0.3 is 14.5 Å². The number of benzene rings is 3. The molecule has 0 saturated carbocycles. The lowest BCUT2D eigenvalue weighted by Gasteiger charge is -2.02. The van der Waals surface area contributed by atoms with E-state index >= 15 is 0 Å². The van der Waals surface area contributed by atoms with Gasteiger partial charge in [0, 0.05) is 28.6 Å². The fourth-order valence-electron chi connectivity index (χ4n) is 2.87. The van der Waals surface area contributed by atoms with Crippen LogP contribution in [-0.2, 0) is 4.79 Å². The standard InChI is InChI=1S/C22H17NO3/c1-25-17-10-6-15(7-11-17)8-13-22(24)23-16-9-12-19-18-4-2-3-5-20(18)26-21(19)14-16/h2-14H,1H3,(H,23,24)/b13-8+. The van der Waals surface area contributed by atoms with Gasteiger partial charge in [0.25, 0.3) is 0 Å². The molecule has 4 nitrogen and oxygen atoms in total. The molecule has 1 heterocycles. The number of amides is 1. The van der Waals surface area contributed by atoms with Crippen LogP contribution in [0.25, 0.3) is 28.0 Å². The quantitative estimate of drug-likeness (QED) is 0.515. The average molecular weight is 343 g/mol. The summed E-state index contributed by atoms with van der Waals surface area (Å²) in [6, 6.07) is 21.1. The second-order valence-corrected chi connectivity index (χ2v) is 5.90. The number of rotatable bonds is 4. The highest BCUT2D eigenvalue weighted by molar-refractivity contribution is 6.07. The van der Waals surface area contributed by atoms with Gasteiger partial charge in [-0.15, -0.1) is 0 Å². The van der Waals surface area contributed by atoms with Crippen molar-refractivity contribution in [2.75, 3.05) is 12.4 Å². The van der Waals surface area contributed by atoms with E-state index in [1.807, 2.05) is 66.7 Å². The van der Waals surface area contributed by atoms with Crippen molar-refractivity contribution in [3.63, 3.8) is 0 Å². The zero-order valence-corrected chi connectivity index (χ0v) is 14.2. The number of hydrogen-bond acceptors (Lipinski definition) is 3. The Morgan fingerprint density at radius 1 is 0.962 bits per heavy atom. The molecule has 0 aliphatic carbocycles. The van der Waals surface area contributed by atoms with Gasteiger partial charge in [0.05, 0.1) is 7.11 Å². The Balaban J connectivity index is 1.51. The molecule has 26 heavy (non-hydrogen) atoms. The smallest absolute Gasteiger partial charge is 0.248 e. The van der Waals surface area contributed by atoms with Crippen molar-refractivity contribution in [2.24, 2.45) is 0 Å². The van der Waals surface area contributed by atoms with Crippen LogP contribution in [0.3, 0.4) is 0 Å². The lowest BCUT2D eigenvalue weighted by molar-refractivity contribution is -0.111. The summed E-state index contributed by atoms with van der Waals surface area (Å²) in [6.45, 7) is 0. The molecule has 4 heteroatoms. The highest BCUT2D eigenvalue weighted by atomic mass is 16.5. The lowest BCUT2D eigenvalue weighted by Crippen LogP contribution is -2.07. The fourth-order valence-corrected chi connectivity index (χ4v) is 2.87. The third-order valence-corrected chi connectivity index (χ3v) is 4.19. The van der Waals surface area contributed by atoms with Crippen molar-refractivity contribution in [3.8, 4) is 5.75 Å². The maximum absolute atomic E-state index is 12.2. The molecule has 0 radical (unpaired) electrons. The Kier molecular flexibility index (Phi) is 4.15. The molecule has 4 rings (SSSR count). The van der Waals surface area contributed by atoms with Crippen LogP contribution in [-0.4, -0.2) is 13.0 Å². The summed E-state index contributed by atoms with van der Waals surface area (Å²) in [5, 5.41) is 4.96. The Hall–Kier alpha value is -3.53. The maximum atomic E-state index is 12.2. The van der Waals surface area contributed by atoms with Crippen LogP contribution in [0, 0.1) is 0 Å². The molecule has 1 amide bonds. The van der Waals surface area contributed by atoms with Crippen molar-refractivity contribution in [1.82, 2.24) is 0 Å².